The summed E-state index contributed by atoms with van der Waals surface area (Å²) in [5.74, 6) is 0. The van der Waals surface area contributed by atoms with Gasteiger partial charge in [-0.15, -0.1) is 0 Å². The molecule has 3 heteroatoms. The first-order chi connectivity index (χ1) is 7.90. The largest absolute Gasteiger partial charge is 0.378 e. The summed E-state index contributed by atoms with van der Waals surface area (Å²) in [7, 11) is 0. The molecule has 2 fully saturated rings. The molecule has 0 aromatic carbocycles. The second-order valence-electron chi connectivity index (χ2n) is 5.19. The third kappa shape index (κ3) is 3.44. The number of hydrogen-bond donors (Lipinski definition) is 1. The van der Waals surface area contributed by atoms with Crippen molar-refractivity contribution in [2.24, 2.45) is 5.73 Å². The van der Waals surface area contributed by atoms with Gasteiger partial charge in [0.25, 0.3) is 0 Å². The lowest BCUT2D eigenvalue weighted by Gasteiger charge is -2.29. The smallest absolute Gasteiger partial charge is 0.0588 e. The Bertz CT molecular complexity index is 186. The first kappa shape index (κ1) is 12.3. The minimum Gasteiger partial charge on any atom is -0.378 e. The minimum atomic E-state index is 0.529. The Balaban J connectivity index is 1.72. The number of rotatable bonds is 6. The van der Waals surface area contributed by atoms with Crippen molar-refractivity contribution in [1.29, 1.82) is 0 Å². The third-order valence-corrected chi connectivity index (χ3v) is 4.02. The summed E-state index contributed by atoms with van der Waals surface area (Å²) in [6, 6.07) is 0.810. The molecule has 1 aliphatic heterocycles. The molecule has 0 radical (unpaired) electrons. The molecule has 0 aromatic rings. The number of ether oxygens (including phenoxy) is 1. The lowest BCUT2D eigenvalue weighted by atomic mass is 10.1. The molecular weight excluding hydrogens is 200 g/mol. The zero-order valence-electron chi connectivity index (χ0n) is 10.4. The number of nitrogens with zero attached hydrogens (tertiary/aromatic N) is 1. The van der Waals surface area contributed by atoms with Crippen LogP contribution in [0.2, 0.25) is 0 Å². The molecule has 0 spiro atoms. The van der Waals surface area contributed by atoms with E-state index in [2.05, 4.69) is 4.90 Å². The number of nitrogens with two attached hydrogens (primary N) is 1. The van der Waals surface area contributed by atoms with Crippen molar-refractivity contribution in [3.63, 3.8) is 0 Å². The molecule has 2 N–H and O–H groups in total. The summed E-state index contributed by atoms with van der Waals surface area (Å²) in [6.07, 6.45) is 9.83. The number of hydrogen-bond acceptors (Lipinski definition) is 3. The Morgan fingerprint density at radius 3 is 2.50 bits per heavy atom. The Labute approximate surface area is 99.3 Å². The van der Waals surface area contributed by atoms with Crippen molar-refractivity contribution in [3.8, 4) is 0 Å². The van der Waals surface area contributed by atoms with Crippen LogP contribution in [-0.4, -0.2) is 43.3 Å². The molecule has 2 rings (SSSR count). The Hall–Kier alpha value is -0.120. The second-order valence-corrected chi connectivity index (χ2v) is 5.19. The monoisotopic (exact) mass is 226 g/mol. The van der Waals surface area contributed by atoms with E-state index in [-0.39, 0.29) is 0 Å². The van der Waals surface area contributed by atoms with E-state index in [1.165, 1.54) is 51.5 Å². The van der Waals surface area contributed by atoms with Crippen molar-refractivity contribution in [1.82, 2.24) is 4.90 Å². The van der Waals surface area contributed by atoms with Gasteiger partial charge in [-0.3, -0.25) is 4.90 Å². The van der Waals surface area contributed by atoms with Gasteiger partial charge < -0.3 is 10.5 Å². The van der Waals surface area contributed by atoms with E-state index in [0.717, 1.165) is 25.7 Å². The van der Waals surface area contributed by atoms with Crippen molar-refractivity contribution in [3.05, 3.63) is 0 Å². The molecule has 0 aromatic heterocycles. The quantitative estimate of drug-likeness (QED) is 0.750. The van der Waals surface area contributed by atoms with Crippen LogP contribution in [0.4, 0.5) is 0 Å². The van der Waals surface area contributed by atoms with Crippen molar-refractivity contribution in [2.75, 3.05) is 26.2 Å². The maximum atomic E-state index is 5.71. The molecule has 1 heterocycles. The fourth-order valence-electron chi connectivity index (χ4n) is 3.09. The first-order valence-corrected chi connectivity index (χ1v) is 6.96. The van der Waals surface area contributed by atoms with E-state index in [4.69, 9.17) is 10.5 Å². The summed E-state index contributed by atoms with van der Waals surface area (Å²) in [4.78, 5) is 2.61. The van der Waals surface area contributed by atoms with Crippen LogP contribution in [0, 0.1) is 0 Å². The summed E-state index contributed by atoms with van der Waals surface area (Å²) in [5, 5.41) is 0. The van der Waals surface area contributed by atoms with Crippen LogP contribution in [-0.2, 0) is 4.74 Å². The molecule has 3 nitrogen and oxygen atoms in total. The van der Waals surface area contributed by atoms with E-state index >= 15 is 0 Å². The fraction of sp³-hybridized carbons (Fsp3) is 1.00. The summed E-state index contributed by atoms with van der Waals surface area (Å²) in [5.41, 5.74) is 5.71. The molecular formula is C13H26N2O. The molecule has 2 aliphatic rings. The molecule has 0 amide bonds. The summed E-state index contributed by atoms with van der Waals surface area (Å²) < 4.78 is 5.69. The second kappa shape index (κ2) is 6.58. The average Bonchev–Trinajstić information content (AvgIpc) is 2.96. The van der Waals surface area contributed by atoms with Crippen LogP contribution in [0.25, 0.3) is 0 Å². The van der Waals surface area contributed by atoms with E-state index < -0.39 is 0 Å². The molecule has 1 saturated heterocycles. The highest BCUT2D eigenvalue weighted by Crippen LogP contribution is 2.24. The third-order valence-electron chi connectivity index (χ3n) is 4.02. The molecule has 1 unspecified atom stereocenters. The van der Waals surface area contributed by atoms with Gasteiger partial charge in [0.1, 0.15) is 0 Å². The fourth-order valence-corrected chi connectivity index (χ4v) is 3.09. The first-order valence-electron chi connectivity index (χ1n) is 6.96. The van der Waals surface area contributed by atoms with Gasteiger partial charge in [-0.1, -0.05) is 12.8 Å². The average molecular weight is 226 g/mol. The van der Waals surface area contributed by atoms with Gasteiger partial charge in [-0.05, 0) is 32.1 Å². The normalized spacial score (nSPS) is 27.0. The maximum Gasteiger partial charge on any atom is 0.0588 e. The molecule has 94 valence electrons. The maximum absolute atomic E-state index is 5.71. The zero-order valence-corrected chi connectivity index (χ0v) is 10.4. The van der Waals surface area contributed by atoms with Crippen LogP contribution < -0.4 is 5.73 Å². The topological polar surface area (TPSA) is 38.5 Å². The van der Waals surface area contributed by atoms with Gasteiger partial charge in [-0.25, -0.2) is 0 Å². The zero-order chi connectivity index (χ0) is 11.2. The van der Waals surface area contributed by atoms with Crippen LogP contribution in [0.1, 0.15) is 44.9 Å². The van der Waals surface area contributed by atoms with Gasteiger partial charge in [0.15, 0.2) is 0 Å². The van der Waals surface area contributed by atoms with Crippen LogP contribution in [0.5, 0.6) is 0 Å². The Morgan fingerprint density at radius 1 is 1.06 bits per heavy atom. The van der Waals surface area contributed by atoms with Gasteiger partial charge >= 0.3 is 0 Å². The predicted octanol–water partition coefficient (Wildman–Crippen LogP) is 1.76. The highest BCUT2D eigenvalue weighted by Gasteiger charge is 2.23. The lowest BCUT2D eigenvalue weighted by molar-refractivity contribution is 0.0851. The molecule has 16 heavy (non-hydrogen) atoms. The van der Waals surface area contributed by atoms with E-state index in [9.17, 15) is 0 Å². The molecule has 1 saturated carbocycles. The summed E-state index contributed by atoms with van der Waals surface area (Å²) in [6.45, 7) is 4.02. The van der Waals surface area contributed by atoms with Crippen molar-refractivity contribution in [2.45, 2.75) is 57.1 Å². The van der Waals surface area contributed by atoms with Crippen LogP contribution in [0.15, 0.2) is 0 Å². The molecule has 0 bridgehead atoms. The Morgan fingerprint density at radius 2 is 1.88 bits per heavy atom. The van der Waals surface area contributed by atoms with Crippen LogP contribution in [0.3, 0.4) is 0 Å². The predicted molar refractivity (Wildman–Crippen MR) is 66.5 cm³/mol. The van der Waals surface area contributed by atoms with Gasteiger partial charge in [-0.2, -0.15) is 0 Å². The van der Waals surface area contributed by atoms with Gasteiger partial charge in [0.05, 0.1) is 6.10 Å². The van der Waals surface area contributed by atoms with Crippen molar-refractivity contribution < 1.29 is 4.74 Å². The van der Waals surface area contributed by atoms with Gasteiger partial charge in [0.2, 0.25) is 0 Å². The lowest BCUT2D eigenvalue weighted by Crippen LogP contribution is -2.39. The summed E-state index contributed by atoms with van der Waals surface area (Å²) >= 11 is 0. The van der Waals surface area contributed by atoms with E-state index in [0.29, 0.717) is 6.10 Å². The SMILES string of the molecule is NCCN(CCC1CCCO1)C1CCCC1. The van der Waals surface area contributed by atoms with E-state index in [1.54, 1.807) is 0 Å². The minimum absolute atomic E-state index is 0.529. The van der Waals surface area contributed by atoms with Crippen molar-refractivity contribution >= 4 is 0 Å². The standard InChI is InChI=1S/C13H26N2O/c14-8-10-15(12-4-1-2-5-12)9-7-13-6-3-11-16-13/h12-13H,1-11,14H2. The highest BCUT2D eigenvalue weighted by molar-refractivity contribution is 4.79. The van der Waals surface area contributed by atoms with E-state index in [1.807, 2.05) is 0 Å². The highest BCUT2D eigenvalue weighted by atomic mass is 16.5. The molecule has 1 aliphatic carbocycles. The Kier molecular flexibility index (Phi) is 5.07. The molecule has 1 atom stereocenters. The van der Waals surface area contributed by atoms with Crippen LogP contribution >= 0.6 is 0 Å². The van der Waals surface area contributed by atoms with Gasteiger partial charge in [0, 0.05) is 32.3 Å².